The number of nitrogens with zero attached hydrogens (tertiary/aromatic N) is 1. The first-order valence-electron chi connectivity index (χ1n) is 7.23. The van der Waals surface area contributed by atoms with E-state index in [9.17, 15) is 14.3 Å². The molecule has 2 aliphatic rings. The Bertz CT molecular complexity index is 643. The molecule has 1 unspecified atom stereocenters. The van der Waals surface area contributed by atoms with Crippen molar-refractivity contribution in [3.63, 3.8) is 0 Å². The Morgan fingerprint density at radius 1 is 1.38 bits per heavy atom. The van der Waals surface area contributed by atoms with Gasteiger partial charge >= 0.3 is 0 Å². The van der Waals surface area contributed by atoms with E-state index in [1.165, 1.54) is 17.0 Å². The molecule has 1 aromatic rings. The minimum atomic E-state index is -1.42. The van der Waals surface area contributed by atoms with Crippen LogP contribution in [-0.4, -0.2) is 16.7 Å². The molecule has 0 fully saturated rings. The van der Waals surface area contributed by atoms with Crippen LogP contribution in [0.15, 0.2) is 29.3 Å². The maximum atomic E-state index is 14.2. The van der Waals surface area contributed by atoms with Crippen molar-refractivity contribution in [1.82, 2.24) is 0 Å². The van der Waals surface area contributed by atoms with Gasteiger partial charge in [0, 0.05) is 10.6 Å². The van der Waals surface area contributed by atoms with Crippen molar-refractivity contribution >= 4 is 23.2 Å². The van der Waals surface area contributed by atoms with Crippen molar-refractivity contribution in [2.45, 2.75) is 44.8 Å². The van der Waals surface area contributed by atoms with E-state index >= 15 is 0 Å². The smallest absolute Gasteiger partial charge is 0.257 e. The van der Waals surface area contributed by atoms with Crippen molar-refractivity contribution in [3.8, 4) is 0 Å². The average Bonchev–Trinajstić information content (AvgIpc) is 2.70. The molecule has 0 spiro atoms. The van der Waals surface area contributed by atoms with Gasteiger partial charge in [0.2, 0.25) is 0 Å². The van der Waals surface area contributed by atoms with Crippen LogP contribution in [-0.2, 0) is 4.79 Å². The summed E-state index contributed by atoms with van der Waals surface area (Å²) >= 11 is 5.77. The van der Waals surface area contributed by atoms with Gasteiger partial charge in [-0.05, 0) is 55.9 Å². The maximum Gasteiger partial charge on any atom is 0.257 e. The molecule has 1 aliphatic heterocycles. The zero-order valence-corrected chi connectivity index (χ0v) is 12.6. The highest BCUT2D eigenvalue weighted by molar-refractivity contribution is 6.30. The summed E-state index contributed by atoms with van der Waals surface area (Å²) in [5.74, 6) is -0.877. The van der Waals surface area contributed by atoms with Crippen molar-refractivity contribution in [2.24, 2.45) is 0 Å². The van der Waals surface area contributed by atoms with Crippen molar-refractivity contribution in [1.29, 1.82) is 0 Å². The molecule has 0 aromatic heterocycles. The minimum absolute atomic E-state index is 0.0863. The Balaban J connectivity index is 2.12. The Hall–Kier alpha value is -1.39. The van der Waals surface area contributed by atoms with Crippen LogP contribution in [0.3, 0.4) is 0 Å². The number of halogens is 2. The number of hydrogen-bond acceptors (Lipinski definition) is 2. The van der Waals surface area contributed by atoms with E-state index in [0.717, 1.165) is 24.5 Å². The first-order valence-corrected chi connectivity index (χ1v) is 7.61. The fourth-order valence-electron chi connectivity index (χ4n) is 3.36. The summed E-state index contributed by atoms with van der Waals surface area (Å²) in [4.78, 5) is 13.9. The van der Waals surface area contributed by atoms with E-state index < -0.39 is 11.5 Å². The predicted molar refractivity (Wildman–Crippen MR) is 79.6 cm³/mol. The monoisotopic (exact) mass is 309 g/mol. The third kappa shape index (κ3) is 2.09. The number of amides is 1. The van der Waals surface area contributed by atoms with Crippen LogP contribution in [0.2, 0.25) is 5.02 Å². The highest BCUT2D eigenvalue weighted by Crippen LogP contribution is 2.46. The minimum Gasteiger partial charge on any atom is -0.367 e. The molecule has 1 aromatic carbocycles. The molecule has 1 heterocycles. The summed E-state index contributed by atoms with van der Waals surface area (Å²) in [5.41, 5.74) is 0.0836. The van der Waals surface area contributed by atoms with Crippen LogP contribution in [0.25, 0.3) is 0 Å². The van der Waals surface area contributed by atoms with Gasteiger partial charge in [-0.3, -0.25) is 9.69 Å². The van der Waals surface area contributed by atoms with E-state index in [1.54, 1.807) is 6.92 Å². The second kappa shape index (κ2) is 5.11. The molecule has 0 radical (unpaired) electrons. The molecule has 3 nitrogen and oxygen atoms in total. The van der Waals surface area contributed by atoms with Gasteiger partial charge in [-0.2, -0.15) is 0 Å². The Morgan fingerprint density at radius 2 is 2.10 bits per heavy atom. The molecule has 21 heavy (non-hydrogen) atoms. The van der Waals surface area contributed by atoms with Crippen LogP contribution in [0.1, 0.15) is 39.0 Å². The number of rotatable bonds is 2. The molecule has 1 N–H and O–H groups in total. The third-order valence-electron chi connectivity index (χ3n) is 4.43. The second-order valence-electron chi connectivity index (χ2n) is 5.57. The molecule has 0 saturated heterocycles. The van der Waals surface area contributed by atoms with E-state index in [0.29, 0.717) is 24.8 Å². The number of anilines is 1. The zero-order valence-electron chi connectivity index (χ0n) is 11.8. The zero-order chi connectivity index (χ0) is 15.2. The van der Waals surface area contributed by atoms with E-state index in [2.05, 4.69) is 0 Å². The Labute approximate surface area is 128 Å². The highest BCUT2D eigenvalue weighted by atomic mass is 35.5. The summed E-state index contributed by atoms with van der Waals surface area (Å²) < 4.78 is 14.2. The largest absolute Gasteiger partial charge is 0.367 e. The molecule has 1 amide bonds. The van der Waals surface area contributed by atoms with Gasteiger partial charge in [0.1, 0.15) is 5.82 Å². The summed E-state index contributed by atoms with van der Waals surface area (Å²) in [6.07, 6.45) is 3.56. The quantitative estimate of drug-likeness (QED) is 0.903. The number of benzene rings is 1. The van der Waals surface area contributed by atoms with Crippen LogP contribution in [0.5, 0.6) is 0 Å². The topological polar surface area (TPSA) is 40.5 Å². The molecule has 112 valence electrons. The number of aliphatic hydroxyl groups is 1. The molecule has 1 atom stereocenters. The van der Waals surface area contributed by atoms with Gasteiger partial charge < -0.3 is 5.11 Å². The maximum absolute atomic E-state index is 14.2. The second-order valence-corrected chi connectivity index (χ2v) is 6.01. The van der Waals surface area contributed by atoms with Crippen molar-refractivity contribution in [3.05, 3.63) is 40.2 Å². The summed E-state index contributed by atoms with van der Waals surface area (Å²) in [7, 11) is 0. The molecule has 0 saturated carbocycles. The van der Waals surface area contributed by atoms with Gasteiger partial charge in [0.25, 0.3) is 5.91 Å². The van der Waals surface area contributed by atoms with E-state index in [4.69, 9.17) is 11.6 Å². The van der Waals surface area contributed by atoms with E-state index in [1.807, 2.05) is 0 Å². The molecule has 3 rings (SSSR count). The van der Waals surface area contributed by atoms with Crippen LogP contribution < -0.4 is 4.90 Å². The number of hydrogen-bond donors (Lipinski definition) is 1. The summed E-state index contributed by atoms with van der Waals surface area (Å²) in [6.45, 7) is 1.80. The summed E-state index contributed by atoms with van der Waals surface area (Å²) in [6, 6.07) is 4.15. The normalized spacial score (nSPS) is 25.5. The lowest BCUT2D eigenvalue weighted by molar-refractivity contribution is -0.117. The first kappa shape index (κ1) is 14.5. The van der Waals surface area contributed by atoms with E-state index in [-0.39, 0.29) is 16.6 Å². The van der Waals surface area contributed by atoms with Gasteiger partial charge in [-0.25, -0.2) is 4.39 Å². The van der Waals surface area contributed by atoms with Gasteiger partial charge in [0.15, 0.2) is 5.72 Å². The van der Waals surface area contributed by atoms with Crippen molar-refractivity contribution in [2.75, 3.05) is 4.90 Å². The number of carbonyl (C=O) groups excluding carboxylic acids is 1. The molecular formula is C16H17ClFNO2. The van der Waals surface area contributed by atoms with Crippen LogP contribution in [0, 0.1) is 5.82 Å². The molecule has 1 aliphatic carbocycles. The summed E-state index contributed by atoms with van der Waals surface area (Å²) in [5, 5.41) is 11.3. The lowest BCUT2D eigenvalue weighted by atomic mass is 9.87. The van der Waals surface area contributed by atoms with Crippen LogP contribution >= 0.6 is 11.6 Å². The first-order chi connectivity index (χ1) is 9.99. The molecule has 0 bridgehead atoms. The Kier molecular flexibility index (Phi) is 3.54. The fraction of sp³-hybridized carbons (Fsp3) is 0.438. The van der Waals surface area contributed by atoms with Crippen molar-refractivity contribution < 1.29 is 14.3 Å². The highest BCUT2D eigenvalue weighted by Gasteiger charge is 2.50. The number of carbonyl (C=O) groups is 1. The van der Waals surface area contributed by atoms with Gasteiger partial charge in [-0.15, -0.1) is 0 Å². The third-order valence-corrected chi connectivity index (χ3v) is 4.66. The van der Waals surface area contributed by atoms with Crippen LogP contribution in [0.4, 0.5) is 10.1 Å². The predicted octanol–water partition coefficient (Wildman–Crippen LogP) is 3.79. The molecular weight excluding hydrogens is 293 g/mol. The van der Waals surface area contributed by atoms with Gasteiger partial charge in [-0.1, -0.05) is 18.5 Å². The standard InChI is InChI=1S/C16H17ClFNO2/c1-2-16(21)12-6-4-3-5-11(12)15(20)19(16)14-8-7-10(17)9-13(14)18/h7-9,21H,2-6H2,1H3. The lowest BCUT2D eigenvalue weighted by Gasteiger charge is -2.35. The average molecular weight is 310 g/mol. The lowest BCUT2D eigenvalue weighted by Crippen LogP contribution is -2.48. The fourth-order valence-corrected chi connectivity index (χ4v) is 3.52. The Morgan fingerprint density at radius 3 is 2.76 bits per heavy atom. The van der Waals surface area contributed by atoms with Gasteiger partial charge in [0.05, 0.1) is 5.69 Å². The molecule has 5 heteroatoms. The SMILES string of the molecule is CCC1(O)C2=C(CCCC2)C(=O)N1c1ccc(Cl)cc1F.